The molecule has 27 heavy (non-hydrogen) atoms. The van der Waals surface area contributed by atoms with Gasteiger partial charge in [-0.3, -0.25) is 9.35 Å². The minimum Gasteiger partial charge on any atom is -0.512 e. The van der Waals surface area contributed by atoms with E-state index in [2.05, 4.69) is 0 Å². The molecule has 0 aliphatic carbocycles. The van der Waals surface area contributed by atoms with Crippen LogP contribution in [0.5, 0.6) is 0 Å². The van der Waals surface area contributed by atoms with Crippen LogP contribution in [0.1, 0.15) is 47.1 Å². The van der Waals surface area contributed by atoms with E-state index in [1.807, 2.05) is 0 Å². The van der Waals surface area contributed by atoms with Crippen molar-refractivity contribution in [3.63, 3.8) is 0 Å². The molecule has 0 amide bonds. The maximum absolute atomic E-state index is 11.9. The molecule has 0 heterocycles. The van der Waals surface area contributed by atoms with Crippen molar-refractivity contribution in [1.82, 2.24) is 0 Å². The predicted octanol–water partition coefficient (Wildman–Crippen LogP) is 5.04. The number of rotatable bonds is 6. The van der Waals surface area contributed by atoms with E-state index in [0.29, 0.717) is 33.4 Å². The van der Waals surface area contributed by atoms with Gasteiger partial charge in [-0.15, -0.1) is 0 Å². The normalized spacial score (nSPS) is 15.2. The van der Waals surface area contributed by atoms with Crippen LogP contribution in [-0.4, -0.2) is 23.9 Å². The fraction of sp³-hybridized carbons (Fsp3) is 0.286. The summed E-state index contributed by atoms with van der Waals surface area (Å²) in [5.41, 5.74) is 3.37. The number of allylic oxidation sites excluding steroid dienone is 8. The first-order valence-electron chi connectivity index (χ1n) is 8.38. The summed E-state index contributed by atoms with van der Waals surface area (Å²) in [6, 6.07) is 6.12. The summed E-state index contributed by atoms with van der Waals surface area (Å²) < 4.78 is 33.4. The maximum atomic E-state index is 11.9. The fourth-order valence-electron chi connectivity index (χ4n) is 2.63. The van der Waals surface area contributed by atoms with Crippen LogP contribution in [0, 0.1) is 0 Å². The second-order valence-electron chi connectivity index (χ2n) is 6.51. The average molecular weight is 391 g/mol. The average Bonchev–Trinajstić information content (AvgIpc) is 2.54. The summed E-state index contributed by atoms with van der Waals surface area (Å²) in [6.45, 7) is 9.97. The van der Waals surface area contributed by atoms with Crippen LogP contribution in [-0.2, 0) is 14.9 Å². The Morgan fingerprint density at radius 1 is 0.889 bits per heavy atom. The third kappa shape index (κ3) is 6.05. The van der Waals surface area contributed by atoms with Gasteiger partial charge in [0, 0.05) is 5.56 Å². The van der Waals surface area contributed by atoms with Gasteiger partial charge in [0.05, 0.1) is 5.76 Å². The van der Waals surface area contributed by atoms with Crippen molar-refractivity contribution in [3.05, 3.63) is 70.0 Å². The summed E-state index contributed by atoms with van der Waals surface area (Å²) in [6.07, 6.45) is 3.41. The molecule has 0 atom stereocenters. The number of hydrogen-bond donors (Lipinski definition) is 2. The molecule has 1 rings (SSSR count). The van der Waals surface area contributed by atoms with E-state index < -0.39 is 10.1 Å². The number of aliphatic hydroxyl groups excluding tert-OH is 1. The number of benzene rings is 1. The molecular weight excluding hydrogens is 364 g/mol. The second kappa shape index (κ2) is 8.97. The molecule has 5 nitrogen and oxygen atoms in total. The summed E-state index contributed by atoms with van der Waals surface area (Å²) in [5.74, 6) is 0.0468. The molecule has 0 saturated carbocycles. The Labute approximate surface area is 161 Å². The maximum Gasteiger partial charge on any atom is 0.295 e. The first-order valence-corrected chi connectivity index (χ1v) is 9.82. The zero-order chi connectivity index (χ0) is 20.9. The molecule has 0 bridgehead atoms. The molecule has 0 spiro atoms. The van der Waals surface area contributed by atoms with Crippen molar-refractivity contribution in [1.29, 1.82) is 0 Å². The standard InChI is InChI=1S/C21H26O5S/c1-13(17(5)22)11-15(3)21(16(4)12-14(2)18(6)23)19-9-7-8-10-20(19)27(24,25)26/h7-12,22H,1-6H3,(H,24,25,26)/b14-12-,15-11+,17-13+,21-16+. The molecule has 0 aromatic heterocycles. The van der Waals surface area contributed by atoms with Gasteiger partial charge in [-0.25, -0.2) is 0 Å². The predicted molar refractivity (Wildman–Crippen MR) is 108 cm³/mol. The van der Waals surface area contributed by atoms with Crippen LogP contribution in [0.4, 0.5) is 0 Å². The highest BCUT2D eigenvalue weighted by Gasteiger charge is 2.20. The lowest BCUT2D eigenvalue weighted by atomic mass is 9.92. The van der Waals surface area contributed by atoms with Gasteiger partial charge in [-0.1, -0.05) is 30.4 Å². The Hall–Kier alpha value is -2.44. The number of carbonyl (C=O) groups excluding carboxylic acids is 1. The van der Waals surface area contributed by atoms with Gasteiger partial charge in [0.2, 0.25) is 0 Å². The molecule has 146 valence electrons. The zero-order valence-electron chi connectivity index (χ0n) is 16.5. The van der Waals surface area contributed by atoms with Crippen molar-refractivity contribution in [2.24, 2.45) is 0 Å². The van der Waals surface area contributed by atoms with Crippen molar-refractivity contribution in [2.75, 3.05) is 0 Å². The molecule has 1 aromatic rings. The lowest BCUT2D eigenvalue weighted by Crippen LogP contribution is -2.04. The highest BCUT2D eigenvalue weighted by Crippen LogP contribution is 2.33. The van der Waals surface area contributed by atoms with Gasteiger partial charge in [-0.2, -0.15) is 8.42 Å². The van der Waals surface area contributed by atoms with Crippen molar-refractivity contribution in [2.45, 2.75) is 46.4 Å². The number of aliphatic hydroxyl groups is 1. The first-order chi connectivity index (χ1) is 12.4. The zero-order valence-corrected chi connectivity index (χ0v) is 17.3. The van der Waals surface area contributed by atoms with E-state index in [0.717, 1.165) is 0 Å². The van der Waals surface area contributed by atoms with Crippen LogP contribution >= 0.6 is 0 Å². The quantitative estimate of drug-likeness (QED) is 0.307. The molecule has 0 radical (unpaired) electrons. The Morgan fingerprint density at radius 3 is 1.89 bits per heavy atom. The van der Waals surface area contributed by atoms with E-state index in [1.165, 1.54) is 19.1 Å². The third-order valence-electron chi connectivity index (χ3n) is 4.22. The SMILES string of the molecule is CC(=O)\C(C)=C/C(C)=C(\C(C)=C\C(C)=C(/C)O)c1ccccc1S(=O)(=O)O. The first kappa shape index (κ1) is 22.6. The van der Waals surface area contributed by atoms with Crippen molar-refractivity contribution < 1.29 is 22.9 Å². The summed E-state index contributed by atoms with van der Waals surface area (Å²) in [4.78, 5) is 11.4. The van der Waals surface area contributed by atoms with E-state index in [4.69, 9.17) is 0 Å². The van der Waals surface area contributed by atoms with Gasteiger partial charge in [-0.05, 0) is 75.5 Å². The van der Waals surface area contributed by atoms with Crippen LogP contribution < -0.4 is 0 Å². The largest absolute Gasteiger partial charge is 0.512 e. The molecule has 0 fully saturated rings. The minimum absolute atomic E-state index is 0.0966. The van der Waals surface area contributed by atoms with Gasteiger partial charge in [0.25, 0.3) is 10.1 Å². The van der Waals surface area contributed by atoms with Crippen molar-refractivity contribution in [3.8, 4) is 0 Å². The molecule has 1 aromatic carbocycles. The highest BCUT2D eigenvalue weighted by atomic mass is 32.2. The monoisotopic (exact) mass is 390 g/mol. The van der Waals surface area contributed by atoms with E-state index in [9.17, 15) is 22.9 Å². The van der Waals surface area contributed by atoms with Gasteiger partial charge >= 0.3 is 0 Å². The van der Waals surface area contributed by atoms with Crippen LogP contribution in [0.25, 0.3) is 5.57 Å². The lowest BCUT2D eigenvalue weighted by Gasteiger charge is -2.16. The topological polar surface area (TPSA) is 91.7 Å². The van der Waals surface area contributed by atoms with Crippen LogP contribution in [0.3, 0.4) is 0 Å². The highest BCUT2D eigenvalue weighted by molar-refractivity contribution is 7.86. The molecule has 6 heteroatoms. The molecule has 0 aliphatic heterocycles. The minimum atomic E-state index is -4.45. The lowest BCUT2D eigenvalue weighted by molar-refractivity contribution is -0.113. The smallest absolute Gasteiger partial charge is 0.295 e. The number of hydrogen-bond acceptors (Lipinski definition) is 4. The van der Waals surface area contributed by atoms with Crippen LogP contribution in [0.15, 0.2) is 69.4 Å². The van der Waals surface area contributed by atoms with Gasteiger partial charge in [0.1, 0.15) is 4.90 Å². The Kier molecular flexibility index (Phi) is 7.51. The Morgan fingerprint density at radius 2 is 1.41 bits per heavy atom. The van der Waals surface area contributed by atoms with Crippen LogP contribution in [0.2, 0.25) is 0 Å². The molecule has 0 aliphatic rings. The second-order valence-corrected chi connectivity index (χ2v) is 7.90. The van der Waals surface area contributed by atoms with E-state index in [-0.39, 0.29) is 16.4 Å². The number of ketones is 1. The van der Waals surface area contributed by atoms with Gasteiger partial charge < -0.3 is 5.11 Å². The molecule has 0 unspecified atom stereocenters. The van der Waals surface area contributed by atoms with Gasteiger partial charge in [0.15, 0.2) is 5.78 Å². The summed E-state index contributed by atoms with van der Waals surface area (Å²) in [5, 5.41) is 9.69. The number of Topliss-reactive ketones (excluding diaryl/α,β-unsaturated/α-hetero) is 1. The Balaban J connectivity index is 3.92. The molecular formula is C21H26O5S. The molecule has 0 saturated heterocycles. The Bertz CT molecular complexity index is 970. The summed E-state index contributed by atoms with van der Waals surface area (Å²) >= 11 is 0. The van der Waals surface area contributed by atoms with Crippen molar-refractivity contribution >= 4 is 21.5 Å². The van der Waals surface area contributed by atoms with E-state index >= 15 is 0 Å². The fourth-order valence-corrected chi connectivity index (χ4v) is 3.33. The molecule has 2 N–H and O–H groups in total. The summed E-state index contributed by atoms with van der Waals surface area (Å²) in [7, 11) is -4.45. The third-order valence-corrected chi connectivity index (χ3v) is 5.13. The number of carbonyl (C=O) groups is 1. The van der Waals surface area contributed by atoms with E-state index in [1.54, 1.807) is 58.9 Å².